The van der Waals surface area contributed by atoms with E-state index in [1.165, 1.54) is 17.8 Å². The van der Waals surface area contributed by atoms with Crippen molar-refractivity contribution in [2.45, 2.75) is 5.16 Å². The van der Waals surface area contributed by atoms with Crippen LogP contribution in [0.3, 0.4) is 0 Å². The number of phenolic OH excluding ortho intramolecular Hbond substituents is 1. The largest absolute Gasteiger partial charge is 0.506 e. The minimum atomic E-state index is -0.234. The van der Waals surface area contributed by atoms with Crippen LogP contribution in [0.15, 0.2) is 53.7 Å². The van der Waals surface area contributed by atoms with Crippen LogP contribution in [0.2, 0.25) is 0 Å². The number of nitrogens with one attached hydrogen (secondary N) is 1. The molecule has 26 heavy (non-hydrogen) atoms. The lowest BCUT2D eigenvalue weighted by Gasteiger charge is -2.07. The van der Waals surface area contributed by atoms with Crippen LogP contribution in [0.1, 0.15) is 0 Å². The highest BCUT2D eigenvalue weighted by Crippen LogP contribution is 2.26. The number of nitrogens with zero attached hydrogens (tertiary/aromatic N) is 3. The van der Waals surface area contributed by atoms with E-state index in [0.717, 1.165) is 11.3 Å². The van der Waals surface area contributed by atoms with Gasteiger partial charge in [0.05, 0.1) is 18.6 Å². The highest BCUT2D eigenvalue weighted by molar-refractivity contribution is 7.99. The number of carbonyl (C=O) groups is 1. The molecule has 0 radical (unpaired) electrons. The smallest absolute Gasteiger partial charge is 0.234 e. The number of methoxy groups -OCH3 is 1. The second-order valence-electron chi connectivity index (χ2n) is 5.45. The van der Waals surface area contributed by atoms with Crippen LogP contribution in [-0.4, -0.2) is 38.6 Å². The van der Waals surface area contributed by atoms with Crippen molar-refractivity contribution in [2.24, 2.45) is 7.05 Å². The van der Waals surface area contributed by atoms with Crippen LogP contribution in [0.25, 0.3) is 11.4 Å². The van der Waals surface area contributed by atoms with Crippen molar-refractivity contribution in [3.8, 4) is 22.9 Å². The number of rotatable bonds is 6. The van der Waals surface area contributed by atoms with Gasteiger partial charge in [0.2, 0.25) is 5.91 Å². The summed E-state index contributed by atoms with van der Waals surface area (Å²) < 4.78 is 7.06. The molecule has 1 amide bonds. The molecule has 0 fully saturated rings. The molecule has 3 aromatic rings. The first-order valence-electron chi connectivity index (χ1n) is 7.83. The Morgan fingerprint density at radius 3 is 2.81 bits per heavy atom. The average molecular weight is 370 g/mol. The number of hydrogen-bond donors (Lipinski definition) is 2. The van der Waals surface area contributed by atoms with Gasteiger partial charge in [-0.15, -0.1) is 10.2 Å². The molecule has 134 valence electrons. The predicted molar refractivity (Wildman–Crippen MR) is 100 cm³/mol. The third-order valence-electron chi connectivity index (χ3n) is 3.67. The molecule has 3 rings (SSSR count). The molecular formula is C18H18N4O3S. The van der Waals surface area contributed by atoms with Crippen molar-refractivity contribution < 1.29 is 14.6 Å². The van der Waals surface area contributed by atoms with Crippen LogP contribution >= 0.6 is 11.8 Å². The van der Waals surface area contributed by atoms with Crippen LogP contribution < -0.4 is 10.1 Å². The molecule has 0 aliphatic heterocycles. The number of amides is 1. The number of aromatic nitrogens is 3. The molecule has 0 saturated heterocycles. The van der Waals surface area contributed by atoms with Crippen molar-refractivity contribution in [3.63, 3.8) is 0 Å². The van der Waals surface area contributed by atoms with Crippen molar-refractivity contribution in [3.05, 3.63) is 48.5 Å². The number of anilines is 1. The standard InChI is InChI=1S/C18H18N4O3S/c1-22-17(12-6-5-7-13(10-12)25-2)20-21-18(22)26-11-16(24)19-14-8-3-4-9-15(14)23/h3-10,23H,11H2,1-2H3,(H,19,24). The zero-order chi connectivity index (χ0) is 18.5. The third kappa shape index (κ3) is 3.97. The normalized spacial score (nSPS) is 10.5. The summed E-state index contributed by atoms with van der Waals surface area (Å²) in [5, 5.41) is 21.3. The predicted octanol–water partition coefficient (Wildman–Crippen LogP) is 2.93. The van der Waals surface area contributed by atoms with Crippen molar-refractivity contribution in [2.75, 3.05) is 18.2 Å². The lowest BCUT2D eigenvalue weighted by atomic mass is 10.2. The Kier molecular flexibility index (Phi) is 5.43. The minimum absolute atomic E-state index is 0.0322. The maximum absolute atomic E-state index is 12.1. The summed E-state index contributed by atoms with van der Waals surface area (Å²) in [5.74, 6) is 1.37. The Hall–Kier alpha value is -3.00. The van der Waals surface area contributed by atoms with Crippen molar-refractivity contribution in [1.82, 2.24) is 14.8 Å². The number of para-hydroxylation sites is 2. The molecule has 1 heterocycles. The fourth-order valence-electron chi connectivity index (χ4n) is 2.35. The molecule has 2 aromatic carbocycles. The summed E-state index contributed by atoms with van der Waals surface area (Å²) in [6, 6.07) is 14.1. The van der Waals surface area contributed by atoms with Crippen LogP contribution in [-0.2, 0) is 11.8 Å². The van der Waals surface area contributed by atoms with Gasteiger partial charge in [0.1, 0.15) is 11.5 Å². The van der Waals surface area contributed by atoms with Crippen LogP contribution in [0.5, 0.6) is 11.5 Å². The van der Waals surface area contributed by atoms with Gasteiger partial charge in [0.25, 0.3) is 0 Å². The zero-order valence-corrected chi connectivity index (χ0v) is 15.2. The molecule has 0 aliphatic rings. The van der Waals surface area contributed by atoms with E-state index in [0.29, 0.717) is 16.7 Å². The highest BCUT2D eigenvalue weighted by Gasteiger charge is 2.14. The Morgan fingerprint density at radius 2 is 2.04 bits per heavy atom. The van der Waals surface area contributed by atoms with Gasteiger partial charge in [-0.2, -0.15) is 0 Å². The Bertz CT molecular complexity index is 926. The molecule has 0 atom stereocenters. The van der Waals surface area contributed by atoms with E-state index < -0.39 is 0 Å². The molecule has 0 unspecified atom stereocenters. The van der Waals surface area contributed by atoms with E-state index in [9.17, 15) is 9.90 Å². The maximum atomic E-state index is 12.1. The number of phenols is 1. The van der Waals surface area contributed by atoms with E-state index in [4.69, 9.17) is 4.74 Å². The lowest BCUT2D eigenvalue weighted by molar-refractivity contribution is -0.113. The number of carbonyl (C=O) groups excluding carboxylic acids is 1. The first kappa shape index (κ1) is 17.8. The van der Waals surface area contributed by atoms with Crippen molar-refractivity contribution >= 4 is 23.4 Å². The first-order chi connectivity index (χ1) is 12.6. The highest BCUT2D eigenvalue weighted by atomic mass is 32.2. The van der Waals surface area contributed by atoms with Gasteiger partial charge in [0.15, 0.2) is 11.0 Å². The summed E-state index contributed by atoms with van der Waals surface area (Å²) in [7, 11) is 3.46. The number of benzene rings is 2. The molecule has 0 aliphatic carbocycles. The number of hydrogen-bond acceptors (Lipinski definition) is 6. The first-order valence-corrected chi connectivity index (χ1v) is 8.81. The van der Waals surface area contributed by atoms with Crippen LogP contribution in [0.4, 0.5) is 5.69 Å². The summed E-state index contributed by atoms with van der Waals surface area (Å²) in [5.41, 5.74) is 1.26. The SMILES string of the molecule is COc1cccc(-c2nnc(SCC(=O)Nc3ccccc3O)n2C)c1. The minimum Gasteiger partial charge on any atom is -0.506 e. The Balaban J connectivity index is 1.67. The monoisotopic (exact) mass is 370 g/mol. The molecule has 8 heteroatoms. The molecule has 1 aromatic heterocycles. The molecule has 0 spiro atoms. The van der Waals surface area contributed by atoms with E-state index in [2.05, 4.69) is 15.5 Å². The van der Waals surface area contributed by atoms with Gasteiger partial charge in [-0.05, 0) is 24.3 Å². The van der Waals surface area contributed by atoms with E-state index >= 15 is 0 Å². The van der Waals surface area contributed by atoms with E-state index in [1.54, 1.807) is 25.3 Å². The average Bonchev–Trinajstić information content (AvgIpc) is 3.02. The van der Waals surface area contributed by atoms with Gasteiger partial charge in [0, 0.05) is 12.6 Å². The number of thioether (sulfide) groups is 1. The summed E-state index contributed by atoms with van der Waals surface area (Å²) in [6.45, 7) is 0. The zero-order valence-electron chi connectivity index (χ0n) is 14.3. The lowest BCUT2D eigenvalue weighted by Crippen LogP contribution is -2.14. The van der Waals surface area contributed by atoms with E-state index in [-0.39, 0.29) is 17.4 Å². The fraction of sp³-hybridized carbons (Fsp3) is 0.167. The Morgan fingerprint density at radius 1 is 1.23 bits per heavy atom. The summed E-state index contributed by atoms with van der Waals surface area (Å²) in [6.07, 6.45) is 0. The summed E-state index contributed by atoms with van der Waals surface area (Å²) >= 11 is 1.27. The second-order valence-corrected chi connectivity index (χ2v) is 6.39. The van der Waals surface area contributed by atoms with Gasteiger partial charge in [-0.25, -0.2) is 0 Å². The second kappa shape index (κ2) is 7.92. The molecule has 7 nitrogen and oxygen atoms in total. The quantitative estimate of drug-likeness (QED) is 0.512. The molecule has 0 saturated carbocycles. The van der Waals surface area contributed by atoms with Crippen molar-refractivity contribution in [1.29, 1.82) is 0 Å². The van der Waals surface area contributed by atoms with Gasteiger partial charge in [-0.1, -0.05) is 36.0 Å². The Labute approximate surface area is 155 Å². The molecular weight excluding hydrogens is 352 g/mol. The number of ether oxygens (including phenoxy) is 1. The van der Waals surface area contributed by atoms with Crippen LogP contribution in [0, 0.1) is 0 Å². The molecule has 0 bridgehead atoms. The maximum Gasteiger partial charge on any atom is 0.234 e. The van der Waals surface area contributed by atoms with Gasteiger partial charge in [-0.3, -0.25) is 4.79 Å². The topological polar surface area (TPSA) is 89.3 Å². The van der Waals surface area contributed by atoms with Gasteiger partial charge >= 0.3 is 0 Å². The third-order valence-corrected chi connectivity index (χ3v) is 4.69. The fourth-order valence-corrected chi connectivity index (χ4v) is 3.06. The number of aromatic hydroxyl groups is 1. The van der Waals surface area contributed by atoms with Gasteiger partial charge < -0.3 is 19.7 Å². The molecule has 2 N–H and O–H groups in total. The van der Waals surface area contributed by atoms with E-state index in [1.807, 2.05) is 35.9 Å². The summed E-state index contributed by atoms with van der Waals surface area (Å²) in [4.78, 5) is 12.1.